The molecule has 0 unspecified atom stereocenters. The average Bonchev–Trinajstić information content (AvgIpc) is 2.53. The number of aryl methyl sites for hydroxylation is 2. The van der Waals surface area contributed by atoms with E-state index in [2.05, 4.69) is 5.32 Å². The van der Waals surface area contributed by atoms with Crippen LogP contribution in [0, 0.1) is 13.8 Å². The first kappa shape index (κ1) is 18.4. The second kappa shape index (κ2) is 8.27. The van der Waals surface area contributed by atoms with Crippen LogP contribution in [0.5, 0.6) is 5.75 Å². The van der Waals surface area contributed by atoms with Gasteiger partial charge in [0, 0.05) is 22.3 Å². The van der Waals surface area contributed by atoms with Gasteiger partial charge in [0.2, 0.25) is 0 Å². The molecule has 0 saturated carbocycles. The molecule has 0 saturated heterocycles. The monoisotopic (exact) mass is 367 g/mol. The topological polar surface area (TPSA) is 58.6 Å². The number of hydrogen-bond acceptors (Lipinski definition) is 3. The van der Waals surface area contributed by atoms with Crippen LogP contribution in [0.25, 0.3) is 0 Å². The van der Waals surface area contributed by atoms with E-state index in [1.165, 1.54) is 6.07 Å². The highest BCUT2D eigenvalue weighted by Gasteiger charge is 2.10. The summed E-state index contributed by atoms with van der Waals surface area (Å²) in [6, 6.07) is 8.57. The van der Waals surface area contributed by atoms with Gasteiger partial charge in [-0.15, -0.1) is 0 Å². The quantitative estimate of drug-likeness (QED) is 0.661. The van der Waals surface area contributed by atoms with Gasteiger partial charge in [-0.05, 0) is 61.7 Å². The lowest BCUT2D eigenvalue weighted by molar-refractivity contribution is 0.0698. The zero-order valence-corrected chi connectivity index (χ0v) is 15.0. The van der Waals surface area contributed by atoms with Crippen LogP contribution >= 0.6 is 23.2 Å². The predicted molar refractivity (Wildman–Crippen MR) is 97.9 cm³/mol. The van der Waals surface area contributed by atoms with E-state index in [9.17, 15) is 9.90 Å². The van der Waals surface area contributed by atoms with Gasteiger partial charge in [-0.2, -0.15) is 0 Å². The Morgan fingerprint density at radius 1 is 1.17 bits per heavy atom. The molecule has 0 fully saturated rings. The summed E-state index contributed by atoms with van der Waals surface area (Å²) < 4.78 is 5.72. The number of carboxylic acid groups (broad SMARTS) is 1. The maximum Gasteiger partial charge on any atom is 0.337 e. The molecular weight excluding hydrogens is 349 g/mol. The molecule has 2 aromatic carbocycles. The lowest BCUT2D eigenvalue weighted by Gasteiger charge is -2.12. The zero-order valence-electron chi connectivity index (χ0n) is 13.5. The van der Waals surface area contributed by atoms with Gasteiger partial charge in [-0.1, -0.05) is 23.2 Å². The molecule has 0 aliphatic rings. The molecule has 2 rings (SSSR count). The summed E-state index contributed by atoms with van der Waals surface area (Å²) in [5.74, 6) is -0.226. The number of rotatable bonds is 7. The fourth-order valence-corrected chi connectivity index (χ4v) is 2.60. The lowest BCUT2D eigenvalue weighted by Crippen LogP contribution is -2.10. The highest BCUT2D eigenvalue weighted by Crippen LogP contribution is 2.26. The van der Waals surface area contributed by atoms with Gasteiger partial charge in [0.15, 0.2) is 0 Å². The Labute approximate surface area is 151 Å². The van der Waals surface area contributed by atoms with Crippen molar-refractivity contribution in [3.05, 3.63) is 57.1 Å². The van der Waals surface area contributed by atoms with Crippen molar-refractivity contribution in [3.8, 4) is 5.75 Å². The van der Waals surface area contributed by atoms with E-state index in [1.807, 2.05) is 26.0 Å². The van der Waals surface area contributed by atoms with E-state index >= 15 is 0 Å². The van der Waals surface area contributed by atoms with Crippen LogP contribution in [0.2, 0.25) is 10.0 Å². The van der Waals surface area contributed by atoms with Gasteiger partial charge >= 0.3 is 5.97 Å². The van der Waals surface area contributed by atoms with Crippen LogP contribution in [0.1, 0.15) is 27.9 Å². The number of halogens is 2. The van der Waals surface area contributed by atoms with E-state index < -0.39 is 5.97 Å². The van der Waals surface area contributed by atoms with Gasteiger partial charge in [0.05, 0.1) is 12.2 Å². The molecule has 0 aliphatic carbocycles. The van der Waals surface area contributed by atoms with Crippen LogP contribution in [0.3, 0.4) is 0 Å². The Hall–Kier alpha value is -1.91. The van der Waals surface area contributed by atoms with Crippen molar-refractivity contribution in [1.29, 1.82) is 0 Å². The van der Waals surface area contributed by atoms with Gasteiger partial charge in [0.25, 0.3) is 0 Å². The highest BCUT2D eigenvalue weighted by molar-refractivity contribution is 6.32. The largest absolute Gasteiger partial charge is 0.494 e. The molecule has 0 amide bonds. The minimum absolute atomic E-state index is 0.160. The smallest absolute Gasteiger partial charge is 0.337 e. The van der Waals surface area contributed by atoms with Crippen LogP contribution < -0.4 is 10.1 Å². The maximum atomic E-state index is 11.2. The molecule has 6 heteroatoms. The van der Waals surface area contributed by atoms with Gasteiger partial charge < -0.3 is 15.2 Å². The lowest BCUT2D eigenvalue weighted by atomic mass is 10.1. The minimum atomic E-state index is -1.01. The first-order valence-corrected chi connectivity index (χ1v) is 8.30. The third-order valence-corrected chi connectivity index (χ3v) is 4.36. The number of carboxylic acids is 1. The Kier molecular flexibility index (Phi) is 6.35. The molecule has 2 N–H and O–H groups in total. The van der Waals surface area contributed by atoms with Crippen molar-refractivity contribution in [3.63, 3.8) is 0 Å². The third-order valence-electron chi connectivity index (χ3n) is 3.53. The molecule has 0 aromatic heterocycles. The van der Waals surface area contributed by atoms with Crippen LogP contribution in [-0.2, 0) is 0 Å². The normalized spacial score (nSPS) is 10.5. The predicted octanol–water partition coefficient (Wildman–Crippen LogP) is 5.19. The first-order valence-electron chi connectivity index (χ1n) is 7.54. The number of hydrogen-bond donors (Lipinski definition) is 2. The third kappa shape index (κ3) is 4.79. The van der Waals surface area contributed by atoms with Crippen molar-refractivity contribution in [2.45, 2.75) is 20.3 Å². The Bertz CT molecular complexity index is 724. The summed E-state index contributed by atoms with van der Waals surface area (Å²) >= 11 is 12.0. The number of nitrogens with one attached hydrogen (secondary N) is 1. The van der Waals surface area contributed by atoms with Crippen molar-refractivity contribution in [1.82, 2.24) is 0 Å². The minimum Gasteiger partial charge on any atom is -0.494 e. The number of ether oxygens (including phenoxy) is 1. The molecule has 0 aliphatic heterocycles. The van der Waals surface area contributed by atoms with Crippen molar-refractivity contribution in [2.75, 3.05) is 18.5 Å². The van der Waals surface area contributed by atoms with Gasteiger partial charge in [0.1, 0.15) is 5.75 Å². The maximum absolute atomic E-state index is 11.2. The summed E-state index contributed by atoms with van der Waals surface area (Å²) in [5, 5.41) is 13.4. The Balaban J connectivity index is 1.85. The standard InChI is InChI=1S/C18H19Cl2NO3/c1-11-8-14(9-12(2)17(11)20)24-7-3-6-21-16-5-4-13(19)10-15(16)18(22)23/h4-5,8-10,21H,3,6-7H2,1-2H3,(H,22,23). The fraction of sp³-hybridized carbons (Fsp3) is 0.278. The summed E-state index contributed by atoms with van der Waals surface area (Å²) in [6.45, 7) is 4.99. The SMILES string of the molecule is Cc1cc(OCCCNc2ccc(Cl)cc2C(=O)O)cc(C)c1Cl. The van der Waals surface area contributed by atoms with E-state index in [0.717, 1.165) is 28.3 Å². The molecule has 0 bridgehead atoms. The van der Waals surface area contributed by atoms with E-state index in [1.54, 1.807) is 12.1 Å². The number of anilines is 1. The first-order chi connectivity index (χ1) is 11.4. The van der Waals surface area contributed by atoms with Crippen molar-refractivity contribution >= 4 is 34.9 Å². The second-order valence-corrected chi connectivity index (χ2v) is 6.31. The molecule has 0 heterocycles. The molecule has 128 valence electrons. The van der Waals surface area contributed by atoms with Gasteiger partial charge in [-0.25, -0.2) is 4.79 Å². The summed E-state index contributed by atoms with van der Waals surface area (Å²) in [6.07, 6.45) is 0.725. The zero-order chi connectivity index (χ0) is 17.7. The molecule has 4 nitrogen and oxygen atoms in total. The van der Waals surface area contributed by atoms with Crippen LogP contribution in [-0.4, -0.2) is 24.2 Å². The molecular formula is C18H19Cl2NO3. The van der Waals surface area contributed by atoms with Crippen LogP contribution in [0.15, 0.2) is 30.3 Å². The molecule has 0 radical (unpaired) electrons. The summed E-state index contributed by atoms with van der Waals surface area (Å²) in [5.41, 5.74) is 2.67. The van der Waals surface area contributed by atoms with E-state index in [0.29, 0.717) is 23.9 Å². The molecule has 0 atom stereocenters. The Morgan fingerprint density at radius 2 is 1.83 bits per heavy atom. The van der Waals surface area contributed by atoms with E-state index in [4.69, 9.17) is 27.9 Å². The molecule has 24 heavy (non-hydrogen) atoms. The summed E-state index contributed by atoms with van der Waals surface area (Å²) in [4.78, 5) is 11.2. The number of benzene rings is 2. The van der Waals surface area contributed by atoms with Crippen molar-refractivity contribution < 1.29 is 14.6 Å². The second-order valence-electron chi connectivity index (χ2n) is 5.49. The number of aromatic carboxylic acids is 1. The number of carbonyl (C=O) groups is 1. The molecule has 0 spiro atoms. The fourth-order valence-electron chi connectivity index (χ4n) is 2.32. The highest BCUT2D eigenvalue weighted by atomic mass is 35.5. The van der Waals surface area contributed by atoms with Crippen LogP contribution in [0.4, 0.5) is 5.69 Å². The Morgan fingerprint density at radius 3 is 2.46 bits per heavy atom. The molecule has 2 aromatic rings. The van der Waals surface area contributed by atoms with E-state index in [-0.39, 0.29) is 5.56 Å². The van der Waals surface area contributed by atoms with Crippen molar-refractivity contribution in [2.24, 2.45) is 0 Å². The van der Waals surface area contributed by atoms with Gasteiger partial charge in [-0.3, -0.25) is 0 Å². The summed E-state index contributed by atoms with van der Waals surface area (Å²) in [7, 11) is 0. The average molecular weight is 368 g/mol.